The van der Waals surface area contributed by atoms with Gasteiger partial charge in [0.05, 0.1) is 10.6 Å². The van der Waals surface area contributed by atoms with E-state index in [1.54, 1.807) is 0 Å². The number of amides is 2. The summed E-state index contributed by atoms with van der Waals surface area (Å²) in [6, 6.07) is 11.5. The first kappa shape index (κ1) is 19.1. The van der Waals surface area contributed by atoms with Gasteiger partial charge in [-0.1, -0.05) is 35.5 Å². The molecule has 0 atom stereocenters. The molecule has 0 saturated carbocycles. The van der Waals surface area contributed by atoms with Crippen molar-refractivity contribution in [2.24, 2.45) is 5.73 Å². The average Bonchev–Trinajstić information content (AvgIpc) is 3.29. The van der Waals surface area contributed by atoms with Crippen LogP contribution >= 0.6 is 23.1 Å². The lowest BCUT2D eigenvalue weighted by Gasteiger charge is -2.09. The van der Waals surface area contributed by atoms with Crippen LogP contribution in [0.3, 0.4) is 0 Å². The molecule has 0 aliphatic heterocycles. The number of carbonyl (C=O) groups is 2. The summed E-state index contributed by atoms with van der Waals surface area (Å²) in [5, 5.41) is 13.8. The number of primary amides is 1. The van der Waals surface area contributed by atoms with Gasteiger partial charge in [0.25, 0.3) is 0 Å². The molecular formula is C18H19N5O2S2. The maximum Gasteiger partial charge on any atom is 0.234 e. The van der Waals surface area contributed by atoms with Crippen molar-refractivity contribution in [2.45, 2.75) is 25.0 Å². The Bertz CT molecular complexity index is 920. The Morgan fingerprint density at radius 1 is 1.22 bits per heavy atom. The number of hydrogen-bond acceptors (Lipinski definition) is 6. The van der Waals surface area contributed by atoms with Crippen LogP contribution in [0.1, 0.15) is 12.0 Å². The average molecular weight is 402 g/mol. The number of nitrogens with zero attached hydrogens (tertiary/aromatic N) is 3. The molecule has 0 aliphatic rings. The zero-order valence-corrected chi connectivity index (χ0v) is 16.3. The summed E-state index contributed by atoms with van der Waals surface area (Å²) in [4.78, 5) is 24.4. The van der Waals surface area contributed by atoms with Gasteiger partial charge in [-0.3, -0.25) is 9.59 Å². The topological polar surface area (TPSA) is 103 Å². The highest BCUT2D eigenvalue weighted by Crippen LogP contribution is 2.27. The van der Waals surface area contributed by atoms with Crippen LogP contribution in [0, 0.1) is 6.92 Å². The van der Waals surface area contributed by atoms with Crippen LogP contribution in [-0.4, -0.2) is 32.3 Å². The van der Waals surface area contributed by atoms with Gasteiger partial charge in [0.1, 0.15) is 0 Å². The van der Waals surface area contributed by atoms with Crippen LogP contribution < -0.4 is 11.1 Å². The fourth-order valence-corrected chi connectivity index (χ4v) is 3.85. The monoisotopic (exact) mass is 401 g/mol. The third kappa shape index (κ3) is 5.18. The minimum Gasteiger partial charge on any atom is -0.370 e. The number of hydrogen-bond donors (Lipinski definition) is 2. The summed E-state index contributed by atoms with van der Waals surface area (Å²) in [7, 11) is 0. The van der Waals surface area contributed by atoms with Crippen LogP contribution in [0.4, 0.5) is 5.69 Å². The molecule has 0 spiro atoms. The normalized spacial score (nSPS) is 10.7. The van der Waals surface area contributed by atoms with Crippen molar-refractivity contribution in [3.05, 3.63) is 47.3 Å². The van der Waals surface area contributed by atoms with Gasteiger partial charge in [-0.2, -0.15) is 0 Å². The van der Waals surface area contributed by atoms with Crippen molar-refractivity contribution >= 4 is 40.6 Å². The Kier molecular flexibility index (Phi) is 6.25. The minimum absolute atomic E-state index is 0.133. The summed E-state index contributed by atoms with van der Waals surface area (Å²) in [5.41, 5.74) is 7.17. The Morgan fingerprint density at radius 3 is 2.67 bits per heavy atom. The summed E-state index contributed by atoms with van der Waals surface area (Å²) in [6.07, 6.45) is 0.180. The number of benzene rings is 1. The standard InChI is InChI=1S/C18H19N5O2S2/c1-12-4-6-13(7-5-12)20-16(25)11-27-18-22-21-17(14-3-2-10-26-14)23(18)9-8-15(19)24/h2-7,10H,8-9,11H2,1H3,(H2,19,24)(H,20,25). The number of thiophene rings is 1. The number of carbonyl (C=O) groups excluding carboxylic acids is 2. The maximum atomic E-state index is 12.2. The fourth-order valence-electron chi connectivity index (χ4n) is 2.37. The number of anilines is 1. The molecule has 3 N–H and O–H groups in total. The molecule has 2 heterocycles. The van der Waals surface area contributed by atoms with E-state index in [1.807, 2.05) is 53.3 Å². The van der Waals surface area contributed by atoms with Crippen LogP contribution in [0.15, 0.2) is 46.9 Å². The molecule has 0 unspecified atom stereocenters. The van der Waals surface area contributed by atoms with Crippen molar-refractivity contribution < 1.29 is 9.59 Å². The highest BCUT2D eigenvalue weighted by Gasteiger charge is 2.17. The lowest BCUT2D eigenvalue weighted by molar-refractivity contribution is -0.118. The molecule has 0 saturated heterocycles. The summed E-state index contributed by atoms with van der Waals surface area (Å²) in [6.45, 7) is 2.36. The third-order valence-electron chi connectivity index (χ3n) is 3.71. The molecule has 27 heavy (non-hydrogen) atoms. The van der Waals surface area contributed by atoms with Gasteiger partial charge < -0.3 is 15.6 Å². The number of thioether (sulfide) groups is 1. The second kappa shape index (κ2) is 8.83. The van der Waals surface area contributed by atoms with Gasteiger partial charge in [-0.05, 0) is 30.5 Å². The molecule has 140 valence electrons. The summed E-state index contributed by atoms with van der Waals surface area (Å²) >= 11 is 2.81. The van der Waals surface area contributed by atoms with Gasteiger partial charge in [-0.25, -0.2) is 0 Å². The molecule has 3 aromatic rings. The first-order valence-corrected chi connectivity index (χ1v) is 10.1. The van der Waals surface area contributed by atoms with Crippen molar-refractivity contribution in [2.75, 3.05) is 11.1 Å². The Hall–Kier alpha value is -2.65. The first-order valence-electron chi connectivity index (χ1n) is 8.27. The van der Waals surface area contributed by atoms with E-state index in [4.69, 9.17) is 5.73 Å². The highest BCUT2D eigenvalue weighted by atomic mass is 32.2. The second-order valence-electron chi connectivity index (χ2n) is 5.85. The van der Waals surface area contributed by atoms with E-state index < -0.39 is 5.91 Å². The quantitative estimate of drug-likeness (QED) is 0.565. The fraction of sp³-hybridized carbons (Fsp3) is 0.222. The smallest absolute Gasteiger partial charge is 0.234 e. The van der Waals surface area contributed by atoms with Gasteiger partial charge in [-0.15, -0.1) is 21.5 Å². The van der Waals surface area contributed by atoms with E-state index in [-0.39, 0.29) is 18.1 Å². The van der Waals surface area contributed by atoms with Gasteiger partial charge in [0.15, 0.2) is 11.0 Å². The van der Waals surface area contributed by atoms with Gasteiger partial charge >= 0.3 is 0 Å². The van der Waals surface area contributed by atoms with Crippen LogP contribution in [-0.2, 0) is 16.1 Å². The lowest BCUT2D eigenvalue weighted by atomic mass is 10.2. The molecule has 0 fully saturated rings. The van der Waals surface area contributed by atoms with Gasteiger partial charge in [0, 0.05) is 18.7 Å². The van der Waals surface area contributed by atoms with E-state index in [0.29, 0.717) is 17.5 Å². The highest BCUT2D eigenvalue weighted by molar-refractivity contribution is 7.99. The number of nitrogens with one attached hydrogen (secondary N) is 1. The number of aryl methyl sites for hydroxylation is 1. The van der Waals surface area contributed by atoms with Gasteiger partial charge in [0.2, 0.25) is 11.8 Å². The van der Waals surface area contributed by atoms with E-state index >= 15 is 0 Å². The molecule has 0 aliphatic carbocycles. The van der Waals surface area contributed by atoms with Crippen LogP contribution in [0.25, 0.3) is 10.7 Å². The van der Waals surface area contributed by atoms with Crippen molar-refractivity contribution in [1.82, 2.24) is 14.8 Å². The minimum atomic E-state index is -0.395. The predicted octanol–water partition coefficient (Wildman–Crippen LogP) is 2.92. The molecule has 2 amide bonds. The Balaban J connectivity index is 1.69. The van der Waals surface area contributed by atoms with Crippen LogP contribution in [0.5, 0.6) is 0 Å². The zero-order chi connectivity index (χ0) is 19.2. The van der Waals surface area contributed by atoms with Crippen LogP contribution in [0.2, 0.25) is 0 Å². The molecule has 7 nitrogen and oxygen atoms in total. The summed E-state index contributed by atoms with van der Waals surface area (Å²) in [5.74, 6) is 0.333. The van der Waals surface area contributed by atoms with E-state index in [9.17, 15) is 9.59 Å². The number of aromatic nitrogens is 3. The molecular weight excluding hydrogens is 382 g/mol. The molecule has 9 heteroatoms. The molecule has 0 radical (unpaired) electrons. The maximum absolute atomic E-state index is 12.2. The number of rotatable bonds is 8. The molecule has 2 aromatic heterocycles. The van der Waals surface area contributed by atoms with Crippen molar-refractivity contribution in [1.29, 1.82) is 0 Å². The summed E-state index contributed by atoms with van der Waals surface area (Å²) < 4.78 is 1.83. The van der Waals surface area contributed by atoms with E-state index in [0.717, 1.165) is 16.1 Å². The first-order chi connectivity index (χ1) is 13.0. The third-order valence-corrected chi connectivity index (χ3v) is 5.54. The Morgan fingerprint density at radius 2 is 2.00 bits per heavy atom. The largest absolute Gasteiger partial charge is 0.370 e. The Labute approximate surface area is 165 Å². The second-order valence-corrected chi connectivity index (χ2v) is 7.74. The van der Waals surface area contributed by atoms with Crippen molar-refractivity contribution in [3.63, 3.8) is 0 Å². The van der Waals surface area contributed by atoms with Crippen molar-refractivity contribution in [3.8, 4) is 10.7 Å². The SMILES string of the molecule is Cc1ccc(NC(=O)CSc2nnc(-c3cccs3)n2CCC(N)=O)cc1. The zero-order valence-electron chi connectivity index (χ0n) is 14.7. The molecule has 3 rings (SSSR count). The molecule has 1 aromatic carbocycles. The lowest BCUT2D eigenvalue weighted by Crippen LogP contribution is -2.16. The van der Waals surface area contributed by atoms with E-state index in [1.165, 1.54) is 23.1 Å². The number of nitrogens with two attached hydrogens (primary N) is 1. The predicted molar refractivity (Wildman–Crippen MR) is 108 cm³/mol. The molecule has 0 bridgehead atoms. The van der Waals surface area contributed by atoms with E-state index in [2.05, 4.69) is 15.5 Å².